The predicted octanol–water partition coefficient (Wildman–Crippen LogP) is 3.71. The molecule has 144 valence electrons. The lowest BCUT2D eigenvalue weighted by Gasteiger charge is -2.16. The quantitative estimate of drug-likeness (QED) is 0.837. The molecule has 1 unspecified atom stereocenters. The molecule has 1 aliphatic heterocycles. The van der Waals surface area contributed by atoms with Gasteiger partial charge in [0.25, 0.3) is 0 Å². The number of nitrogens with zero attached hydrogens (tertiary/aromatic N) is 2. The summed E-state index contributed by atoms with van der Waals surface area (Å²) >= 11 is 1.30. The summed E-state index contributed by atoms with van der Waals surface area (Å²) in [6.07, 6.45) is -3.13. The number of carbonyl (C=O) groups excluding carboxylic acids is 2. The van der Waals surface area contributed by atoms with E-state index in [1.807, 2.05) is 0 Å². The van der Waals surface area contributed by atoms with Crippen molar-refractivity contribution in [3.8, 4) is 0 Å². The third-order valence-corrected chi connectivity index (χ3v) is 5.19. The Morgan fingerprint density at radius 3 is 2.85 bits per heavy atom. The van der Waals surface area contributed by atoms with Crippen molar-refractivity contribution in [3.63, 3.8) is 0 Å². The number of carbonyl (C=O) groups is 2. The van der Waals surface area contributed by atoms with E-state index >= 15 is 0 Å². The first-order valence-corrected chi connectivity index (χ1v) is 9.33. The number of aromatic nitrogens is 1. The minimum Gasteiger partial charge on any atom is -0.349 e. The Bertz CT molecular complexity index is 850. The molecule has 0 bridgehead atoms. The summed E-state index contributed by atoms with van der Waals surface area (Å²) in [4.78, 5) is 29.9. The number of alkyl halides is 3. The molecule has 1 atom stereocenters. The molecule has 2 heterocycles. The number of hydrogen-bond acceptors (Lipinski definition) is 4. The lowest BCUT2D eigenvalue weighted by atomic mass is 10.0. The zero-order valence-corrected chi connectivity index (χ0v) is 15.4. The number of amides is 2. The fourth-order valence-electron chi connectivity index (χ4n) is 2.88. The molecule has 1 aromatic heterocycles. The molecule has 0 spiro atoms. The molecule has 27 heavy (non-hydrogen) atoms. The van der Waals surface area contributed by atoms with Crippen LogP contribution >= 0.6 is 11.3 Å². The van der Waals surface area contributed by atoms with Crippen LogP contribution in [0.3, 0.4) is 0 Å². The third-order valence-electron chi connectivity index (χ3n) is 4.28. The third kappa shape index (κ3) is 4.65. The summed E-state index contributed by atoms with van der Waals surface area (Å²) in [6, 6.07) is 4.32. The molecule has 1 fully saturated rings. The maximum atomic E-state index is 12.8. The van der Waals surface area contributed by atoms with Crippen LogP contribution in [0.4, 0.5) is 18.3 Å². The van der Waals surface area contributed by atoms with Gasteiger partial charge in [-0.05, 0) is 31.0 Å². The number of anilines is 1. The average molecular weight is 397 g/mol. The van der Waals surface area contributed by atoms with Gasteiger partial charge in [0.1, 0.15) is 0 Å². The molecule has 5 nitrogen and oxygen atoms in total. The van der Waals surface area contributed by atoms with Gasteiger partial charge in [0.15, 0.2) is 5.13 Å². The van der Waals surface area contributed by atoms with Crippen molar-refractivity contribution in [2.45, 2.75) is 38.4 Å². The summed E-state index contributed by atoms with van der Waals surface area (Å²) in [5.41, 5.74) is 0.156. The van der Waals surface area contributed by atoms with Gasteiger partial charge >= 0.3 is 6.18 Å². The molecule has 0 saturated carbocycles. The molecule has 0 radical (unpaired) electrons. The molecule has 1 aromatic carbocycles. The largest absolute Gasteiger partial charge is 0.416 e. The molecule has 3 rings (SSSR count). The van der Waals surface area contributed by atoms with Gasteiger partial charge in [-0.1, -0.05) is 12.1 Å². The van der Waals surface area contributed by atoms with Crippen molar-refractivity contribution >= 4 is 28.3 Å². The second-order valence-corrected chi connectivity index (χ2v) is 7.20. The maximum absolute atomic E-state index is 12.8. The molecule has 2 aromatic rings. The molecule has 2 amide bonds. The molecule has 9 heteroatoms. The molecular weight excluding hydrogens is 379 g/mol. The van der Waals surface area contributed by atoms with E-state index in [-0.39, 0.29) is 18.2 Å². The van der Waals surface area contributed by atoms with E-state index in [0.717, 1.165) is 18.6 Å². The first-order chi connectivity index (χ1) is 12.7. The van der Waals surface area contributed by atoms with Crippen molar-refractivity contribution in [2.75, 3.05) is 11.4 Å². The van der Waals surface area contributed by atoms with E-state index in [9.17, 15) is 22.8 Å². The first kappa shape index (κ1) is 19.3. The molecule has 1 aliphatic rings. The van der Waals surface area contributed by atoms with E-state index in [1.54, 1.807) is 23.3 Å². The van der Waals surface area contributed by atoms with Gasteiger partial charge < -0.3 is 5.32 Å². The van der Waals surface area contributed by atoms with Crippen LogP contribution in [0.15, 0.2) is 29.6 Å². The zero-order valence-electron chi connectivity index (χ0n) is 14.5. The Morgan fingerprint density at radius 1 is 1.41 bits per heavy atom. The van der Waals surface area contributed by atoms with Crippen molar-refractivity contribution in [2.24, 2.45) is 0 Å². The van der Waals surface area contributed by atoms with Crippen LogP contribution in [0.25, 0.3) is 0 Å². The van der Waals surface area contributed by atoms with Gasteiger partial charge in [0.05, 0.1) is 23.7 Å². The predicted molar refractivity (Wildman–Crippen MR) is 95.4 cm³/mol. The number of benzene rings is 1. The van der Waals surface area contributed by atoms with Crippen LogP contribution < -0.4 is 10.2 Å². The molecule has 1 N–H and O–H groups in total. The minimum absolute atomic E-state index is 0.00182. The SMILES string of the molecule is CC(NC(=O)Cc1csc(N2CCCC2=O)n1)c1cccc(C(F)(F)F)c1. The summed E-state index contributed by atoms with van der Waals surface area (Å²) < 4.78 is 38.5. The van der Waals surface area contributed by atoms with Gasteiger partial charge in [-0.3, -0.25) is 14.5 Å². The lowest BCUT2D eigenvalue weighted by molar-refractivity contribution is -0.137. The highest BCUT2D eigenvalue weighted by atomic mass is 32.1. The van der Waals surface area contributed by atoms with E-state index in [4.69, 9.17) is 0 Å². The standard InChI is InChI=1S/C18H18F3N3O2S/c1-11(12-4-2-5-13(8-12)18(19,20)21)22-15(25)9-14-10-27-17(23-14)24-7-3-6-16(24)26/h2,4-5,8,10-11H,3,6-7,9H2,1H3,(H,22,25). The fraction of sp³-hybridized carbons (Fsp3) is 0.389. The van der Waals surface area contributed by atoms with Crippen LogP contribution in [0.1, 0.15) is 42.6 Å². The van der Waals surface area contributed by atoms with Gasteiger partial charge in [-0.15, -0.1) is 11.3 Å². The van der Waals surface area contributed by atoms with Crippen molar-refractivity contribution in [1.82, 2.24) is 10.3 Å². The van der Waals surface area contributed by atoms with E-state index in [0.29, 0.717) is 29.4 Å². The average Bonchev–Trinajstić information content (AvgIpc) is 3.22. The number of thiazole rings is 1. The summed E-state index contributed by atoms with van der Waals surface area (Å²) in [7, 11) is 0. The lowest BCUT2D eigenvalue weighted by Crippen LogP contribution is -2.28. The van der Waals surface area contributed by atoms with Crippen LogP contribution in [0.2, 0.25) is 0 Å². The van der Waals surface area contributed by atoms with Crippen molar-refractivity contribution in [3.05, 3.63) is 46.5 Å². The first-order valence-electron chi connectivity index (χ1n) is 8.45. The van der Waals surface area contributed by atoms with E-state index in [2.05, 4.69) is 10.3 Å². The Morgan fingerprint density at radius 2 is 2.19 bits per heavy atom. The van der Waals surface area contributed by atoms with Gasteiger partial charge in [-0.25, -0.2) is 4.98 Å². The van der Waals surface area contributed by atoms with Crippen molar-refractivity contribution in [1.29, 1.82) is 0 Å². The number of nitrogens with one attached hydrogen (secondary N) is 1. The Labute approximate surface area is 158 Å². The highest BCUT2D eigenvalue weighted by molar-refractivity contribution is 7.14. The second-order valence-electron chi connectivity index (χ2n) is 6.36. The zero-order chi connectivity index (χ0) is 19.6. The minimum atomic E-state index is -4.43. The summed E-state index contributed by atoms with van der Waals surface area (Å²) in [6.45, 7) is 2.26. The van der Waals surface area contributed by atoms with Crippen LogP contribution in [0.5, 0.6) is 0 Å². The monoisotopic (exact) mass is 397 g/mol. The highest BCUT2D eigenvalue weighted by Gasteiger charge is 2.31. The summed E-state index contributed by atoms with van der Waals surface area (Å²) in [5.74, 6) is -0.317. The Balaban J connectivity index is 1.61. The van der Waals surface area contributed by atoms with Gasteiger partial charge in [0, 0.05) is 18.3 Å². The Hall–Kier alpha value is -2.42. The van der Waals surface area contributed by atoms with E-state index in [1.165, 1.54) is 17.4 Å². The topological polar surface area (TPSA) is 62.3 Å². The number of halogens is 3. The normalized spacial score (nSPS) is 15.9. The molecular formula is C18H18F3N3O2S. The van der Waals surface area contributed by atoms with Crippen molar-refractivity contribution < 1.29 is 22.8 Å². The van der Waals surface area contributed by atoms with Gasteiger partial charge in [-0.2, -0.15) is 13.2 Å². The van der Waals surface area contributed by atoms with Crippen LogP contribution in [-0.4, -0.2) is 23.3 Å². The number of hydrogen-bond donors (Lipinski definition) is 1. The fourth-order valence-corrected chi connectivity index (χ4v) is 3.74. The smallest absolute Gasteiger partial charge is 0.349 e. The van der Waals surface area contributed by atoms with E-state index < -0.39 is 17.8 Å². The molecule has 1 saturated heterocycles. The maximum Gasteiger partial charge on any atom is 0.416 e. The van der Waals surface area contributed by atoms with Crippen LogP contribution in [-0.2, 0) is 22.2 Å². The molecule has 0 aliphatic carbocycles. The van der Waals surface area contributed by atoms with Crippen LogP contribution in [0, 0.1) is 0 Å². The summed E-state index contributed by atoms with van der Waals surface area (Å²) in [5, 5.41) is 4.98. The Kier molecular flexibility index (Phi) is 5.50. The van der Waals surface area contributed by atoms with Gasteiger partial charge in [0.2, 0.25) is 11.8 Å². The second kappa shape index (κ2) is 7.67. The number of rotatable bonds is 5. The highest BCUT2D eigenvalue weighted by Crippen LogP contribution is 2.31.